The van der Waals surface area contributed by atoms with Crippen molar-refractivity contribution in [3.05, 3.63) is 48.0 Å². The molecule has 2 aromatic rings. The standard InChI is InChI=1S/C15H18FN3O2/c16-12-2-1-3-14(8-12)21-11-15(20)5-7-19(10-15)9-13-4-6-17-18-13/h1-4,6,8,20H,5,7,9-11H2,(H,17,18)/t15-/m1/s1. The predicted octanol–water partition coefficient (Wildman–Crippen LogP) is 1.56. The van der Waals surface area contributed by atoms with Crippen molar-refractivity contribution in [1.29, 1.82) is 0 Å². The summed E-state index contributed by atoms with van der Waals surface area (Å²) < 4.78 is 18.6. The Morgan fingerprint density at radius 3 is 3.10 bits per heavy atom. The van der Waals surface area contributed by atoms with E-state index in [-0.39, 0.29) is 12.4 Å². The van der Waals surface area contributed by atoms with E-state index in [4.69, 9.17) is 4.74 Å². The van der Waals surface area contributed by atoms with Gasteiger partial charge in [0.2, 0.25) is 0 Å². The fraction of sp³-hybridized carbons (Fsp3) is 0.400. The normalized spacial score (nSPS) is 22.6. The highest BCUT2D eigenvalue weighted by Crippen LogP contribution is 2.24. The zero-order chi connectivity index (χ0) is 14.7. The average molecular weight is 291 g/mol. The van der Waals surface area contributed by atoms with Gasteiger partial charge in [-0.3, -0.25) is 10.00 Å². The van der Waals surface area contributed by atoms with Crippen molar-refractivity contribution in [2.24, 2.45) is 0 Å². The number of likely N-dealkylation sites (tertiary alicyclic amines) is 1. The Kier molecular flexibility index (Phi) is 3.90. The molecule has 0 unspecified atom stereocenters. The third kappa shape index (κ3) is 3.59. The van der Waals surface area contributed by atoms with Crippen LogP contribution in [0.3, 0.4) is 0 Å². The molecule has 1 saturated heterocycles. The van der Waals surface area contributed by atoms with Crippen LogP contribution in [0.15, 0.2) is 36.5 Å². The van der Waals surface area contributed by atoms with Crippen LogP contribution in [0.2, 0.25) is 0 Å². The zero-order valence-electron chi connectivity index (χ0n) is 11.6. The lowest BCUT2D eigenvalue weighted by molar-refractivity contribution is 0.00321. The van der Waals surface area contributed by atoms with Gasteiger partial charge in [-0.2, -0.15) is 5.10 Å². The number of nitrogens with one attached hydrogen (secondary N) is 1. The van der Waals surface area contributed by atoms with Gasteiger partial charge in [0.15, 0.2) is 0 Å². The number of halogens is 1. The summed E-state index contributed by atoms with van der Waals surface area (Å²) in [6.07, 6.45) is 2.35. The van der Waals surface area contributed by atoms with Crippen molar-refractivity contribution in [3.8, 4) is 5.75 Å². The fourth-order valence-electron chi connectivity index (χ4n) is 2.58. The van der Waals surface area contributed by atoms with Crippen molar-refractivity contribution < 1.29 is 14.2 Å². The monoisotopic (exact) mass is 291 g/mol. The topological polar surface area (TPSA) is 61.4 Å². The molecule has 1 fully saturated rings. The Hall–Kier alpha value is -1.92. The van der Waals surface area contributed by atoms with E-state index in [2.05, 4.69) is 15.1 Å². The first-order valence-electron chi connectivity index (χ1n) is 6.94. The number of H-pyrrole nitrogens is 1. The molecule has 1 atom stereocenters. The number of ether oxygens (including phenoxy) is 1. The quantitative estimate of drug-likeness (QED) is 0.878. The third-order valence-corrected chi connectivity index (χ3v) is 3.67. The van der Waals surface area contributed by atoms with Crippen molar-refractivity contribution in [2.45, 2.75) is 18.6 Å². The maximum atomic E-state index is 13.1. The van der Waals surface area contributed by atoms with Crippen LogP contribution in [0, 0.1) is 5.82 Å². The number of nitrogens with zero attached hydrogens (tertiary/aromatic N) is 2. The van der Waals surface area contributed by atoms with Crippen LogP contribution in [0.1, 0.15) is 12.1 Å². The van der Waals surface area contributed by atoms with Gasteiger partial charge < -0.3 is 9.84 Å². The summed E-state index contributed by atoms with van der Waals surface area (Å²) >= 11 is 0. The molecule has 1 aliphatic heterocycles. The first kappa shape index (κ1) is 14.0. The number of aliphatic hydroxyl groups is 1. The van der Waals surface area contributed by atoms with Gasteiger partial charge in [0, 0.05) is 37.6 Å². The Labute approximate surface area is 122 Å². The maximum Gasteiger partial charge on any atom is 0.126 e. The number of aromatic nitrogens is 2. The molecule has 21 heavy (non-hydrogen) atoms. The number of benzene rings is 1. The van der Waals surface area contributed by atoms with E-state index in [0.29, 0.717) is 18.7 Å². The van der Waals surface area contributed by atoms with Gasteiger partial charge in [-0.15, -0.1) is 0 Å². The van der Waals surface area contributed by atoms with Gasteiger partial charge in [-0.05, 0) is 24.6 Å². The van der Waals surface area contributed by atoms with Crippen LogP contribution < -0.4 is 4.74 Å². The largest absolute Gasteiger partial charge is 0.490 e. The van der Waals surface area contributed by atoms with Crippen LogP contribution in [-0.4, -0.2) is 45.5 Å². The number of hydrogen-bond donors (Lipinski definition) is 2. The maximum absolute atomic E-state index is 13.1. The molecule has 0 amide bonds. The highest BCUT2D eigenvalue weighted by Gasteiger charge is 2.36. The molecule has 3 rings (SSSR count). The molecule has 1 aliphatic rings. The Morgan fingerprint density at radius 1 is 1.43 bits per heavy atom. The number of β-amino-alcohol motifs (C(OH)–C–C–N with tert-alkyl or cyclic N) is 1. The Bertz CT molecular complexity index is 590. The van der Waals surface area contributed by atoms with Crippen molar-refractivity contribution >= 4 is 0 Å². The number of aromatic amines is 1. The van der Waals surface area contributed by atoms with Crippen molar-refractivity contribution in [2.75, 3.05) is 19.7 Å². The molecule has 112 valence electrons. The molecule has 0 aliphatic carbocycles. The summed E-state index contributed by atoms with van der Waals surface area (Å²) in [5.41, 5.74) is 0.122. The number of rotatable bonds is 5. The van der Waals surface area contributed by atoms with Gasteiger partial charge in [0.1, 0.15) is 23.8 Å². The van der Waals surface area contributed by atoms with Crippen LogP contribution >= 0.6 is 0 Å². The van der Waals surface area contributed by atoms with Gasteiger partial charge in [0.25, 0.3) is 0 Å². The minimum Gasteiger partial charge on any atom is -0.490 e. The minimum atomic E-state index is -0.896. The molecule has 1 aromatic carbocycles. The SMILES string of the molecule is O[C@]1(COc2cccc(F)c2)CCN(Cc2ccn[nH]2)C1. The lowest BCUT2D eigenvalue weighted by Crippen LogP contribution is -2.39. The van der Waals surface area contributed by atoms with E-state index < -0.39 is 5.60 Å². The Balaban J connectivity index is 1.53. The average Bonchev–Trinajstić information content (AvgIpc) is 3.08. The van der Waals surface area contributed by atoms with Gasteiger partial charge >= 0.3 is 0 Å². The van der Waals surface area contributed by atoms with Gasteiger partial charge in [-0.1, -0.05) is 6.07 Å². The van der Waals surface area contributed by atoms with Crippen LogP contribution in [-0.2, 0) is 6.54 Å². The minimum absolute atomic E-state index is 0.163. The molecule has 2 heterocycles. The summed E-state index contributed by atoms with van der Waals surface area (Å²) in [7, 11) is 0. The van der Waals surface area contributed by atoms with Crippen molar-refractivity contribution in [1.82, 2.24) is 15.1 Å². The molecule has 0 bridgehead atoms. The molecule has 1 aromatic heterocycles. The second-order valence-electron chi connectivity index (χ2n) is 5.51. The summed E-state index contributed by atoms with van der Waals surface area (Å²) in [5.74, 6) is 0.0993. The lowest BCUT2D eigenvalue weighted by Gasteiger charge is -2.23. The Morgan fingerprint density at radius 2 is 2.33 bits per heavy atom. The summed E-state index contributed by atoms with van der Waals surface area (Å²) in [4.78, 5) is 2.14. The molecule has 0 saturated carbocycles. The first-order valence-corrected chi connectivity index (χ1v) is 6.94. The fourth-order valence-corrected chi connectivity index (χ4v) is 2.58. The van der Waals surface area contributed by atoms with E-state index in [1.807, 2.05) is 6.07 Å². The summed E-state index contributed by atoms with van der Waals surface area (Å²) in [6, 6.07) is 7.88. The van der Waals surface area contributed by atoms with Gasteiger partial charge in [0.05, 0.1) is 0 Å². The second-order valence-corrected chi connectivity index (χ2v) is 5.51. The number of hydrogen-bond acceptors (Lipinski definition) is 4. The second kappa shape index (κ2) is 5.83. The highest BCUT2D eigenvalue weighted by atomic mass is 19.1. The summed E-state index contributed by atoms with van der Waals surface area (Å²) in [5, 5.41) is 17.4. The highest BCUT2D eigenvalue weighted by molar-refractivity contribution is 5.22. The van der Waals surface area contributed by atoms with Crippen LogP contribution in [0.4, 0.5) is 4.39 Å². The van der Waals surface area contributed by atoms with E-state index in [0.717, 1.165) is 18.8 Å². The summed E-state index contributed by atoms with van der Waals surface area (Å²) in [6.45, 7) is 2.21. The zero-order valence-corrected chi connectivity index (χ0v) is 11.6. The molecule has 6 heteroatoms. The predicted molar refractivity (Wildman–Crippen MR) is 75.3 cm³/mol. The molecular formula is C15H18FN3O2. The third-order valence-electron chi connectivity index (χ3n) is 3.67. The van der Waals surface area contributed by atoms with Gasteiger partial charge in [-0.25, -0.2) is 4.39 Å². The molecule has 0 radical (unpaired) electrons. The van der Waals surface area contributed by atoms with E-state index in [9.17, 15) is 9.50 Å². The van der Waals surface area contributed by atoms with Crippen LogP contribution in [0.25, 0.3) is 0 Å². The van der Waals surface area contributed by atoms with E-state index >= 15 is 0 Å². The smallest absolute Gasteiger partial charge is 0.126 e. The van der Waals surface area contributed by atoms with E-state index in [1.165, 1.54) is 12.1 Å². The van der Waals surface area contributed by atoms with E-state index in [1.54, 1.807) is 18.3 Å². The first-order chi connectivity index (χ1) is 10.1. The lowest BCUT2D eigenvalue weighted by atomic mass is 10.1. The molecule has 5 nitrogen and oxygen atoms in total. The molecule has 0 spiro atoms. The van der Waals surface area contributed by atoms with Crippen LogP contribution in [0.5, 0.6) is 5.75 Å². The molecule has 2 N–H and O–H groups in total. The molecular weight excluding hydrogens is 273 g/mol. The van der Waals surface area contributed by atoms with Crippen molar-refractivity contribution in [3.63, 3.8) is 0 Å².